The second-order valence-corrected chi connectivity index (χ2v) is 8.54. The molecule has 0 fully saturated rings. The Balaban J connectivity index is 1.39. The molecule has 4 aromatic rings. The second kappa shape index (κ2) is 10.5. The number of ether oxygens (including phenoxy) is 1. The number of hydrogen-bond acceptors (Lipinski definition) is 3. The molecule has 0 spiro atoms. The maximum absolute atomic E-state index is 12.4. The van der Waals surface area contributed by atoms with Gasteiger partial charge in [-0.3, -0.25) is 4.79 Å². The number of carbonyl (C=O) groups excluding carboxylic acids is 1. The molecule has 170 valence electrons. The van der Waals surface area contributed by atoms with Gasteiger partial charge in [0, 0.05) is 30.1 Å². The highest BCUT2D eigenvalue weighted by atomic mass is 35.5. The monoisotopic (exact) mass is 461 g/mol. The van der Waals surface area contributed by atoms with Gasteiger partial charge in [-0.05, 0) is 67.8 Å². The highest BCUT2D eigenvalue weighted by molar-refractivity contribution is 6.30. The number of fused-ring (bicyclic) bond motifs is 1. The van der Waals surface area contributed by atoms with Gasteiger partial charge in [0.25, 0.3) is 5.91 Å². The van der Waals surface area contributed by atoms with Crippen molar-refractivity contribution in [1.82, 2.24) is 14.9 Å². The van der Waals surface area contributed by atoms with Crippen molar-refractivity contribution in [1.29, 1.82) is 0 Å². The van der Waals surface area contributed by atoms with Crippen LogP contribution in [0.4, 0.5) is 0 Å². The topological polar surface area (TPSA) is 56.1 Å². The molecule has 5 nitrogen and oxygen atoms in total. The zero-order valence-electron chi connectivity index (χ0n) is 19.0. The summed E-state index contributed by atoms with van der Waals surface area (Å²) >= 11 is 5.91. The van der Waals surface area contributed by atoms with Gasteiger partial charge in [0.1, 0.15) is 11.6 Å². The van der Waals surface area contributed by atoms with Gasteiger partial charge >= 0.3 is 0 Å². The van der Waals surface area contributed by atoms with E-state index >= 15 is 0 Å². The summed E-state index contributed by atoms with van der Waals surface area (Å²) in [4.78, 5) is 17.2. The number of aromatic nitrogens is 2. The van der Waals surface area contributed by atoms with E-state index in [1.54, 1.807) is 24.3 Å². The fourth-order valence-corrected chi connectivity index (χ4v) is 4.11. The summed E-state index contributed by atoms with van der Waals surface area (Å²) in [5.41, 5.74) is 4.97. The molecule has 1 heterocycles. The summed E-state index contributed by atoms with van der Waals surface area (Å²) < 4.78 is 8.32. The first-order chi connectivity index (χ1) is 16.0. The minimum absolute atomic E-state index is 0.115. The molecule has 0 aliphatic heterocycles. The number of nitrogens with one attached hydrogen (secondary N) is 1. The first kappa shape index (κ1) is 22.9. The van der Waals surface area contributed by atoms with E-state index < -0.39 is 0 Å². The van der Waals surface area contributed by atoms with E-state index in [-0.39, 0.29) is 5.91 Å². The van der Waals surface area contributed by atoms with Crippen LogP contribution >= 0.6 is 11.6 Å². The minimum atomic E-state index is -0.115. The SMILES string of the molecule is Cc1cccc(C)c1OCCCn1c(CCNC(=O)c2ccc(Cl)cc2)nc2ccccc21. The van der Waals surface area contributed by atoms with E-state index in [9.17, 15) is 4.79 Å². The number of halogens is 1. The van der Waals surface area contributed by atoms with Crippen molar-refractivity contribution < 1.29 is 9.53 Å². The molecule has 1 aromatic heterocycles. The van der Waals surface area contributed by atoms with Gasteiger partial charge in [-0.2, -0.15) is 0 Å². The van der Waals surface area contributed by atoms with E-state index in [0.29, 0.717) is 30.2 Å². The predicted octanol–water partition coefficient (Wildman–Crippen LogP) is 5.75. The number of nitrogens with zero attached hydrogens (tertiary/aromatic N) is 2. The Hall–Kier alpha value is -3.31. The van der Waals surface area contributed by atoms with Crippen LogP contribution in [0.5, 0.6) is 5.75 Å². The van der Waals surface area contributed by atoms with Crippen LogP contribution in [0, 0.1) is 13.8 Å². The van der Waals surface area contributed by atoms with Crippen molar-refractivity contribution in [3.63, 3.8) is 0 Å². The van der Waals surface area contributed by atoms with Gasteiger partial charge in [0.15, 0.2) is 0 Å². The number of para-hydroxylation sites is 3. The highest BCUT2D eigenvalue weighted by Gasteiger charge is 2.12. The molecule has 3 aromatic carbocycles. The highest BCUT2D eigenvalue weighted by Crippen LogP contribution is 2.23. The zero-order chi connectivity index (χ0) is 23.2. The third kappa shape index (κ3) is 5.55. The molecule has 33 heavy (non-hydrogen) atoms. The lowest BCUT2D eigenvalue weighted by molar-refractivity contribution is 0.0954. The van der Waals surface area contributed by atoms with Gasteiger partial charge in [-0.15, -0.1) is 0 Å². The van der Waals surface area contributed by atoms with Gasteiger partial charge in [-0.25, -0.2) is 4.98 Å². The Morgan fingerprint density at radius 3 is 2.48 bits per heavy atom. The van der Waals surface area contributed by atoms with E-state index in [4.69, 9.17) is 21.3 Å². The van der Waals surface area contributed by atoms with Crippen LogP contribution in [0.15, 0.2) is 66.7 Å². The number of rotatable bonds is 9. The molecule has 0 saturated heterocycles. The van der Waals surface area contributed by atoms with E-state index in [0.717, 1.165) is 46.7 Å². The van der Waals surface area contributed by atoms with Crippen molar-refractivity contribution in [2.24, 2.45) is 0 Å². The number of hydrogen-bond donors (Lipinski definition) is 1. The zero-order valence-corrected chi connectivity index (χ0v) is 19.7. The van der Waals surface area contributed by atoms with Crippen LogP contribution in [-0.2, 0) is 13.0 Å². The quantitative estimate of drug-likeness (QED) is 0.323. The average Bonchev–Trinajstić information content (AvgIpc) is 3.16. The molecule has 0 aliphatic carbocycles. The largest absolute Gasteiger partial charge is 0.493 e. The van der Waals surface area contributed by atoms with Gasteiger partial charge in [0.05, 0.1) is 17.6 Å². The minimum Gasteiger partial charge on any atom is -0.493 e. The number of carbonyl (C=O) groups is 1. The molecule has 0 bridgehead atoms. The molecule has 0 aliphatic rings. The Labute approximate surface area is 199 Å². The first-order valence-electron chi connectivity index (χ1n) is 11.2. The van der Waals surface area contributed by atoms with Crippen LogP contribution < -0.4 is 10.1 Å². The van der Waals surface area contributed by atoms with Crippen molar-refractivity contribution in [3.05, 3.63) is 94.3 Å². The van der Waals surface area contributed by atoms with Crippen LogP contribution in [-0.4, -0.2) is 28.6 Å². The lowest BCUT2D eigenvalue weighted by Crippen LogP contribution is -2.26. The molecular weight excluding hydrogens is 434 g/mol. The molecule has 1 amide bonds. The van der Waals surface area contributed by atoms with E-state index in [1.165, 1.54) is 0 Å². The summed E-state index contributed by atoms with van der Waals surface area (Å²) in [6, 6.07) is 21.2. The first-order valence-corrected chi connectivity index (χ1v) is 11.6. The van der Waals surface area contributed by atoms with E-state index in [1.807, 2.05) is 24.3 Å². The van der Waals surface area contributed by atoms with Gasteiger partial charge in [0.2, 0.25) is 0 Å². The predicted molar refractivity (Wildman–Crippen MR) is 133 cm³/mol. The second-order valence-electron chi connectivity index (χ2n) is 8.10. The fraction of sp³-hybridized carbons (Fsp3) is 0.259. The van der Waals surface area contributed by atoms with Crippen LogP contribution in [0.3, 0.4) is 0 Å². The number of aryl methyl sites for hydroxylation is 3. The van der Waals surface area contributed by atoms with Crippen molar-refractivity contribution >= 4 is 28.5 Å². The van der Waals surface area contributed by atoms with E-state index in [2.05, 4.69) is 41.9 Å². The van der Waals surface area contributed by atoms with Gasteiger partial charge < -0.3 is 14.6 Å². The van der Waals surface area contributed by atoms with Gasteiger partial charge in [-0.1, -0.05) is 41.9 Å². The lowest BCUT2D eigenvalue weighted by atomic mass is 10.1. The summed E-state index contributed by atoms with van der Waals surface area (Å²) in [7, 11) is 0. The normalized spacial score (nSPS) is 11.0. The molecule has 0 saturated carbocycles. The lowest BCUT2D eigenvalue weighted by Gasteiger charge is -2.13. The van der Waals surface area contributed by atoms with Crippen LogP contribution in [0.25, 0.3) is 11.0 Å². The number of benzene rings is 3. The molecule has 4 rings (SSSR count). The number of imidazole rings is 1. The third-order valence-electron chi connectivity index (χ3n) is 5.66. The van der Waals surface area contributed by atoms with Crippen molar-refractivity contribution in [3.8, 4) is 5.75 Å². The average molecular weight is 462 g/mol. The standard InChI is InChI=1S/C27H28ClN3O2/c1-19-7-5-8-20(2)26(19)33-18-6-17-31-24-10-4-3-9-23(24)30-25(31)15-16-29-27(32)21-11-13-22(28)14-12-21/h3-5,7-14H,6,15-18H2,1-2H3,(H,29,32). The molecule has 6 heteroatoms. The van der Waals surface area contributed by atoms with Crippen molar-refractivity contribution in [2.75, 3.05) is 13.2 Å². The maximum Gasteiger partial charge on any atom is 0.251 e. The Kier molecular flexibility index (Phi) is 7.30. The molecule has 0 unspecified atom stereocenters. The maximum atomic E-state index is 12.4. The summed E-state index contributed by atoms with van der Waals surface area (Å²) in [5.74, 6) is 1.81. The van der Waals surface area contributed by atoms with Crippen LogP contribution in [0.2, 0.25) is 5.02 Å². The summed E-state index contributed by atoms with van der Waals surface area (Å²) in [6.07, 6.45) is 1.50. The fourth-order valence-electron chi connectivity index (χ4n) is 3.98. The number of amides is 1. The van der Waals surface area contributed by atoms with Crippen molar-refractivity contribution in [2.45, 2.75) is 33.2 Å². The molecule has 0 radical (unpaired) electrons. The van der Waals surface area contributed by atoms with Crippen LogP contribution in [0.1, 0.15) is 33.7 Å². The molecular formula is C27H28ClN3O2. The molecule has 0 atom stereocenters. The Morgan fingerprint density at radius 2 is 1.73 bits per heavy atom. The Bertz CT molecular complexity index is 1230. The summed E-state index contributed by atoms with van der Waals surface area (Å²) in [6.45, 7) is 6.07. The molecule has 1 N–H and O–H groups in total. The summed E-state index contributed by atoms with van der Waals surface area (Å²) in [5, 5.41) is 3.59. The smallest absolute Gasteiger partial charge is 0.251 e. The Morgan fingerprint density at radius 1 is 1.00 bits per heavy atom. The third-order valence-corrected chi connectivity index (χ3v) is 5.91.